The lowest BCUT2D eigenvalue weighted by Gasteiger charge is -2.09. The minimum atomic E-state index is -0.545. The summed E-state index contributed by atoms with van der Waals surface area (Å²) in [6.45, 7) is 0. The molecule has 2 aliphatic carbocycles. The molecule has 0 spiro atoms. The Morgan fingerprint density at radius 2 is 1.83 bits per heavy atom. The van der Waals surface area contributed by atoms with Crippen LogP contribution in [0.4, 0.5) is 15.8 Å². The number of allylic oxidation sites excluding steroid dienone is 2. The van der Waals surface area contributed by atoms with E-state index in [0.717, 1.165) is 37.1 Å². The van der Waals surface area contributed by atoms with Crippen molar-refractivity contribution in [3.8, 4) is 0 Å². The number of carbonyl (C=O) groups excluding carboxylic acids is 1. The smallest absolute Gasteiger partial charge is 0.258 e. The number of nitrogens with two attached hydrogens (primary N) is 1. The van der Waals surface area contributed by atoms with Gasteiger partial charge in [-0.25, -0.2) is 4.39 Å². The van der Waals surface area contributed by atoms with E-state index in [-0.39, 0.29) is 27.0 Å². The molecule has 5 nitrogen and oxygen atoms in total. The largest absolute Gasteiger partial charge is 0.402 e. The molecule has 2 saturated carbocycles. The number of aliphatic imine (C=N–C) groups is 1. The first-order chi connectivity index (χ1) is 13.9. The van der Waals surface area contributed by atoms with Crippen molar-refractivity contribution in [1.82, 2.24) is 4.98 Å². The molecule has 0 bridgehead atoms. The number of carbonyl (C=O) groups is 1. The van der Waals surface area contributed by atoms with Gasteiger partial charge >= 0.3 is 0 Å². The zero-order chi connectivity index (χ0) is 20.5. The van der Waals surface area contributed by atoms with E-state index in [2.05, 4.69) is 15.3 Å². The number of hydrogen-bond acceptors (Lipinski definition) is 4. The van der Waals surface area contributed by atoms with Gasteiger partial charge in [-0.05, 0) is 55.9 Å². The van der Waals surface area contributed by atoms with Gasteiger partial charge in [-0.2, -0.15) is 0 Å². The molecule has 2 aromatic rings. The second kappa shape index (κ2) is 8.13. The van der Waals surface area contributed by atoms with E-state index < -0.39 is 11.7 Å². The zero-order valence-corrected chi connectivity index (χ0v) is 17.0. The topological polar surface area (TPSA) is 80.4 Å². The van der Waals surface area contributed by atoms with Crippen molar-refractivity contribution >= 4 is 46.2 Å². The highest BCUT2D eigenvalue weighted by atomic mass is 35.5. The van der Waals surface area contributed by atoms with Crippen LogP contribution >= 0.6 is 23.2 Å². The number of benzene rings is 1. The Morgan fingerprint density at radius 3 is 2.41 bits per heavy atom. The first-order valence-corrected chi connectivity index (χ1v) is 10.1. The monoisotopic (exact) mass is 432 g/mol. The lowest BCUT2D eigenvalue weighted by atomic mass is 10.1. The highest BCUT2D eigenvalue weighted by Crippen LogP contribution is 2.37. The Bertz CT molecular complexity index is 1010. The molecule has 0 radical (unpaired) electrons. The molecule has 1 aromatic heterocycles. The molecule has 0 unspecified atom stereocenters. The first kappa shape index (κ1) is 19.9. The average Bonchev–Trinajstić information content (AvgIpc) is 3.55. The molecule has 1 amide bonds. The average molecular weight is 433 g/mol. The van der Waals surface area contributed by atoms with Gasteiger partial charge in [0.1, 0.15) is 0 Å². The summed E-state index contributed by atoms with van der Waals surface area (Å²) in [6.07, 6.45) is 8.83. The van der Waals surface area contributed by atoms with Crippen LogP contribution in [-0.2, 0) is 0 Å². The second-order valence-electron chi connectivity index (χ2n) is 7.33. The van der Waals surface area contributed by atoms with Gasteiger partial charge in [0, 0.05) is 35.4 Å². The zero-order valence-electron chi connectivity index (χ0n) is 15.5. The van der Waals surface area contributed by atoms with Crippen LogP contribution in [0.5, 0.6) is 0 Å². The van der Waals surface area contributed by atoms with Crippen molar-refractivity contribution in [3.05, 3.63) is 63.8 Å². The van der Waals surface area contributed by atoms with Gasteiger partial charge in [0.2, 0.25) is 0 Å². The molecule has 1 aromatic carbocycles. The van der Waals surface area contributed by atoms with Crippen molar-refractivity contribution in [2.24, 2.45) is 22.6 Å². The molecule has 4 rings (SSSR count). The lowest BCUT2D eigenvalue weighted by Crippen LogP contribution is -2.13. The van der Waals surface area contributed by atoms with Crippen LogP contribution in [0.2, 0.25) is 10.0 Å². The van der Waals surface area contributed by atoms with Gasteiger partial charge in [-0.1, -0.05) is 23.2 Å². The molecule has 29 heavy (non-hydrogen) atoms. The Labute approximate surface area is 177 Å². The third-order valence-corrected chi connectivity index (χ3v) is 5.47. The van der Waals surface area contributed by atoms with Gasteiger partial charge in [0.25, 0.3) is 5.91 Å². The number of nitrogens with zero attached hydrogens (tertiary/aromatic N) is 2. The van der Waals surface area contributed by atoms with Crippen molar-refractivity contribution in [2.45, 2.75) is 25.7 Å². The van der Waals surface area contributed by atoms with E-state index in [1.807, 2.05) is 6.08 Å². The molecule has 2 fully saturated rings. The maximum Gasteiger partial charge on any atom is 0.258 e. The number of halogens is 3. The highest BCUT2D eigenvalue weighted by Gasteiger charge is 2.29. The highest BCUT2D eigenvalue weighted by molar-refractivity contribution is 6.40. The van der Waals surface area contributed by atoms with E-state index in [0.29, 0.717) is 11.8 Å². The molecule has 8 heteroatoms. The summed E-state index contributed by atoms with van der Waals surface area (Å²) in [7, 11) is 0. The second-order valence-corrected chi connectivity index (χ2v) is 8.14. The van der Waals surface area contributed by atoms with E-state index in [1.54, 1.807) is 6.07 Å². The Kier molecular flexibility index (Phi) is 5.56. The van der Waals surface area contributed by atoms with E-state index in [4.69, 9.17) is 28.9 Å². The molecular weight excluding hydrogens is 414 g/mol. The van der Waals surface area contributed by atoms with Gasteiger partial charge in [-0.15, -0.1) is 0 Å². The molecule has 0 aliphatic heterocycles. The number of nitrogens with one attached hydrogen (secondary N) is 1. The van der Waals surface area contributed by atoms with Crippen molar-refractivity contribution in [3.63, 3.8) is 0 Å². The van der Waals surface area contributed by atoms with Crippen LogP contribution < -0.4 is 11.1 Å². The molecule has 150 valence electrons. The minimum absolute atomic E-state index is 0.0857. The number of pyridine rings is 1. The number of aromatic nitrogens is 1. The van der Waals surface area contributed by atoms with E-state index in [1.165, 1.54) is 24.5 Å². The molecule has 0 saturated heterocycles. The molecule has 2 aliphatic rings. The first-order valence-electron chi connectivity index (χ1n) is 9.38. The summed E-state index contributed by atoms with van der Waals surface area (Å²) in [4.78, 5) is 20.7. The van der Waals surface area contributed by atoms with Crippen LogP contribution in [0.3, 0.4) is 0 Å². The number of rotatable bonds is 6. The van der Waals surface area contributed by atoms with Gasteiger partial charge in [0.05, 0.1) is 21.3 Å². The van der Waals surface area contributed by atoms with Gasteiger partial charge in [0.15, 0.2) is 5.82 Å². The lowest BCUT2D eigenvalue weighted by molar-refractivity contribution is 0.102. The predicted octanol–water partition coefficient (Wildman–Crippen LogP) is 5.51. The quantitative estimate of drug-likeness (QED) is 0.589. The summed E-state index contributed by atoms with van der Waals surface area (Å²) >= 11 is 12.0. The summed E-state index contributed by atoms with van der Waals surface area (Å²) in [5.74, 6) is -0.307. The fourth-order valence-electron chi connectivity index (χ4n) is 2.96. The fourth-order valence-corrected chi connectivity index (χ4v) is 3.50. The van der Waals surface area contributed by atoms with Crippen LogP contribution in [0.15, 0.2) is 47.4 Å². The molecule has 1 heterocycles. The Morgan fingerprint density at radius 1 is 1.17 bits per heavy atom. The SMILES string of the molecule is NC(=CC(=Nc1ccc(NC(=O)c2c(Cl)cncc2Cl)cc1F)C1CC1)C1CC1. The predicted molar refractivity (Wildman–Crippen MR) is 113 cm³/mol. The van der Waals surface area contributed by atoms with Gasteiger partial charge in [-0.3, -0.25) is 14.8 Å². The minimum Gasteiger partial charge on any atom is -0.402 e. The molecular formula is C21H19Cl2FN4O. The van der Waals surface area contributed by atoms with Crippen molar-refractivity contribution < 1.29 is 9.18 Å². The number of hydrogen-bond donors (Lipinski definition) is 2. The Hall–Kier alpha value is -2.44. The summed E-state index contributed by atoms with van der Waals surface area (Å²) in [5, 5.41) is 2.83. The summed E-state index contributed by atoms with van der Waals surface area (Å²) < 4.78 is 14.6. The normalized spacial score (nSPS) is 17.3. The van der Waals surface area contributed by atoms with Crippen LogP contribution in [0.1, 0.15) is 36.0 Å². The van der Waals surface area contributed by atoms with E-state index >= 15 is 0 Å². The number of anilines is 1. The molecule has 0 atom stereocenters. The third-order valence-electron chi connectivity index (χ3n) is 4.89. The van der Waals surface area contributed by atoms with Crippen molar-refractivity contribution in [2.75, 3.05) is 5.32 Å². The number of amides is 1. The third kappa shape index (κ3) is 4.77. The Balaban J connectivity index is 1.54. The maximum absolute atomic E-state index is 14.6. The van der Waals surface area contributed by atoms with Crippen LogP contribution in [-0.4, -0.2) is 16.6 Å². The fraction of sp³-hybridized carbons (Fsp3) is 0.286. The summed E-state index contributed by atoms with van der Waals surface area (Å²) in [5.41, 5.74) is 8.33. The van der Waals surface area contributed by atoms with Crippen molar-refractivity contribution in [1.29, 1.82) is 0 Å². The van der Waals surface area contributed by atoms with Gasteiger partial charge < -0.3 is 11.1 Å². The summed E-state index contributed by atoms with van der Waals surface area (Å²) in [6, 6.07) is 4.34. The molecule has 3 N–H and O–H groups in total. The standard InChI is InChI=1S/C21H19Cl2FN4O/c22-14-9-26-10-15(23)20(14)21(29)27-13-5-6-18(16(24)7-13)28-19(12-3-4-12)8-17(25)11-1-2-11/h5-12H,1-4,25H2,(H,27,29). The van der Waals surface area contributed by atoms with E-state index in [9.17, 15) is 9.18 Å². The maximum atomic E-state index is 14.6. The van der Waals surface area contributed by atoms with Crippen LogP contribution in [0.25, 0.3) is 0 Å². The van der Waals surface area contributed by atoms with Crippen LogP contribution in [0, 0.1) is 17.7 Å².